The van der Waals surface area contributed by atoms with Crippen LogP contribution < -0.4 is 19.5 Å². The molecule has 0 unspecified atom stereocenters. The summed E-state index contributed by atoms with van der Waals surface area (Å²) in [5.41, 5.74) is 2.40. The van der Waals surface area contributed by atoms with E-state index in [0.717, 1.165) is 23.3 Å². The number of sulfonamides is 1. The first-order valence-corrected chi connectivity index (χ1v) is 11.5. The quantitative estimate of drug-likeness (QED) is 0.611. The molecule has 2 N–H and O–H groups in total. The Morgan fingerprint density at radius 2 is 1.90 bits per heavy atom. The Bertz CT molecular complexity index is 1310. The van der Waals surface area contributed by atoms with Crippen molar-refractivity contribution in [1.29, 1.82) is 0 Å². The number of nitrogens with one attached hydrogen (secondary N) is 2. The molecule has 7 nitrogen and oxygen atoms in total. The van der Waals surface area contributed by atoms with Crippen molar-refractivity contribution in [2.24, 2.45) is 4.99 Å². The van der Waals surface area contributed by atoms with E-state index < -0.39 is 10.0 Å². The van der Waals surface area contributed by atoms with E-state index >= 15 is 0 Å². The number of hydrogen-bond acceptors (Lipinski definition) is 5. The Balaban J connectivity index is 1.45. The summed E-state index contributed by atoms with van der Waals surface area (Å²) >= 11 is 6.19. The number of guanidine groups is 1. The summed E-state index contributed by atoms with van der Waals surface area (Å²) in [5.74, 6) is 1.77. The van der Waals surface area contributed by atoms with Gasteiger partial charge in [-0.05, 0) is 41.5 Å². The summed E-state index contributed by atoms with van der Waals surface area (Å²) in [4.78, 5) is 4.51. The molecule has 9 heteroatoms. The van der Waals surface area contributed by atoms with Gasteiger partial charge in [-0.3, -0.25) is 0 Å². The molecule has 0 aliphatic carbocycles. The fourth-order valence-corrected chi connectivity index (χ4v) is 4.83. The smallest absolute Gasteiger partial charge is 0.266 e. The molecule has 3 aromatic carbocycles. The van der Waals surface area contributed by atoms with Crippen molar-refractivity contribution in [2.45, 2.75) is 17.9 Å². The molecule has 0 fully saturated rings. The van der Waals surface area contributed by atoms with Gasteiger partial charge in [-0.25, -0.2) is 18.1 Å². The van der Waals surface area contributed by atoms with E-state index in [9.17, 15) is 8.42 Å². The van der Waals surface area contributed by atoms with Gasteiger partial charge in [0.15, 0.2) is 5.75 Å². The third-order valence-corrected chi connectivity index (χ3v) is 6.68. The number of para-hydroxylation sites is 2. The second kappa shape index (κ2) is 7.79. The molecule has 0 saturated carbocycles. The molecule has 2 aliphatic heterocycles. The van der Waals surface area contributed by atoms with Crippen LogP contribution in [0.1, 0.15) is 11.1 Å². The fourth-order valence-electron chi connectivity index (χ4n) is 3.50. The predicted octanol–water partition coefficient (Wildman–Crippen LogP) is 4.33. The van der Waals surface area contributed by atoms with Crippen molar-refractivity contribution in [3.8, 4) is 17.2 Å². The standard InChI is InChI=1S/C22H18ClN3O4S/c23-16-4-1-2-5-18(16)30-19-6-3-7-20-21(19)25-22(26-31(20,27)28)24-13-14-8-9-17-15(12-14)10-11-29-17/h1-9,12H,10-11,13H2,(H2,24,25,26). The maximum Gasteiger partial charge on any atom is 0.266 e. The minimum Gasteiger partial charge on any atom is -0.493 e. The zero-order chi connectivity index (χ0) is 21.4. The highest BCUT2D eigenvalue weighted by Gasteiger charge is 2.29. The lowest BCUT2D eigenvalue weighted by molar-refractivity contribution is 0.357. The molecule has 2 aliphatic rings. The average Bonchev–Trinajstić information content (AvgIpc) is 3.22. The maximum absolute atomic E-state index is 12.8. The molecule has 3 aromatic rings. The number of fused-ring (bicyclic) bond motifs is 2. The van der Waals surface area contributed by atoms with Gasteiger partial charge in [-0.1, -0.05) is 41.9 Å². The van der Waals surface area contributed by atoms with E-state index in [2.05, 4.69) is 15.0 Å². The van der Waals surface area contributed by atoms with Crippen molar-refractivity contribution in [1.82, 2.24) is 4.72 Å². The predicted molar refractivity (Wildman–Crippen MR) is 119 cm³/mol. The van der Waals surface area contributed by atoms with E-state index in [1.807, 2.05) is 18.2 Å². The Morgan fingerprint density at radius 1 is 1.06 bits per heavy atom. The number of anilines is 1. The minimum absolute atomic E-state index is 0.0747. The zero-order valence-corrected chi connectivity index (χ0v) is 17.8. The van der Waals surface area contributed by atoms with Gasteiger partial charge in [-0.2, -0.15) is 0 Å². The van der Waals surface area contributed by atoms with E-state index in [1.165, 1.54) is 6.07 Å². The van der Waals surface area contributed by atoms with Crippen LogP contribution in [0.3, 0.4) is 0 Å². The highest BCUT2D eigenvalue weighted by molar-refractivity contribution is 7.90. The number of nitrogens with zero attached hydrogens (tertiary/aromatic N) is 1. The molecule has 158 valence electrons. The molecule has 0 bridgehead atoms. The van der Waals surface area contributed by atoms with Gasteiger partial charge in [0.1, 0.15) is 22.1 Å². The summed E-state index contributed by atoms with van der Waals surface area (Å²) < 4.78 is 39.5. The lowest BCUT2D eigenvalue weighted by atomic mass is 10.1. The first-order valence-electron chi connectivity index (χ1n) is 9.64. The van der Waals surface area contributed by atoms with Crippen LogP contribution >= 0.6 is 11.6 Å². The highest BCUT2D eigenvalue weighted by Crippen LogP contribution is 2.38. The van der Waals surface area contributed by atoms with Crippen LogP contribution in [-0.2, 0) is 23.0 Å². The molecule has 0 saturated heterocycles. The van der Waals surface area contributed by atoms with Gasteiger partial charge in [0.2, 0.25) is 5.96 Å². The molecule has 5 rings (SSSR count). The minimum atomic E-state index is -3.81. The van der Waals surface area contributed by atoms with Crippen LogP contribution in [0.15, 0.2) is 70.6 Å². The van der Waals surface area contributed by atoms with Crippen LogP contribution in [0.5, 0.6) is 17.2 Å². The third kappa shape index (κ3) is 3.92. The summed E-state index contributed by atoms with van der Waals surface area (Å²) in [6, 6.07) is 17.7. The number of hydrogen-bond donors (Lipinski definition) is 2. The number of rotatable bonds is 4. The van der Waals surface area contributed by atoms with Crippen molar-refractivity contribution in [3.63, 3.8) is 0 Å². The average molecular weight is 456 g/mol. The van der Waals surface area contributed by atoms with Crippen LogP contribution in [-0.4, -0.2) is 21.0 Å². The molecular formula is C22H18ClN3O4S. The Hall–Kier alpha value is -3.23. The van der Waals surface area contributed by atoms with Crippen LogP contribution in [0.4, 0.5) is 5.69 Å². The first kappa shape index (κ1) is 19.7. The third-order valence-electron chi connectivity index (χ3n) is 4.98. The van der Waals surface area contributed by atoms with E-state index in [-0.39, 0.29) is 10.9 Å². The normalized spacial score (nSPS) is 17.1. The van der Waals surface area contributed by atoms with Gasteiger partial charge in [0.25, 0.3) is 10.0 Å². The van der Waals surface area contributed by atoms with Gasteiger partial charge in [0.05, 0.1) is 18.2 Å². The molecule has 2 heterocycles. The van der Waals surface area contributed by atoms with Gasteiger partial charge < -0.3 is 14.8 Å². The van der Waals surface area contributed by atoms with Crippen molar-refractivity contribution < 1.29 is 17.9 Å². The molecule has 0 aromatic heterocycles. The highest BCUT2D eigenvalue weighted by atomic mass is 35.5. The van der Waals surface area contributed by atoms with Gasteiger partial charge in [-0.15, -0.1) is 0 Å². The Morgan fingerprint density at radius 3 is 2.77 bits per heavy atom. The van der Waals surface area contributed by atoms with Crippen LogP contribution in [0.25, 0.3) is 0 Å². The van der Waals surface area contributed by atoms with Crippen LogP contribution in [0, 0.1) is 0 Å². The molecule has 0 radical (unpaired) electrons. The van der Waals surface area contributed by atoms with Gasteiger partial charge >= 0.3 is 0 Å². The van der Waals surface area contributed by atoms with E-state index in [1.54, 1.807) is 36.4 Å². The van der Waals surface area contributed by atoms with Crippen molar-refractivity contribution in [3.05, 3.63) is 76.8 Å². The number of aliphatic imine (C=N–C) groups is 1. The topological polar surface area (TPSA) is 89.0 Å². The lowest BCUT2D eigenvalue weighted by Gasteiger charge is -2.23. The molecule has 0 spiro atoms. The molecule has 0 atom stereocenters. The van der Waals surface area contributed by atoms with Crippen LogP contribution in [0.2, 0.25) is 5.02 Å². The SMILES string of the molecule is O=S1(=O)NC(=NCc2ccc3c(c2)CCO3)Nc2c(Oc3ccccc3Cl)cccc21. The largest absolute Gasteiger partial charge is 0.493 e. The van der Waals surface area contributed by atoms with Crippen molar-refractivity contribution in [2.75, 3.05) is 11.9 Å². The van der Waals surface area contributed by atoms with E-state index in [4.69, 9.17) is 21.1 Å². The Kier molecular flexibility index (Phi) is 4.95. The molecule has 0 amide bonds. The van der Waals surface area contributed by atoms with Crippen molar-refractivity contribution >= 4 is 33.3 Å². The summed E-state index contributed by atoms with van der Waals surface area (Å²) in [6.07, 6.45) is 0.862. The monoisotopic (exact) mass is 455 g/mol. The zero-order valence-electron chi connectivity index (χ0n) is 16.3. The first-order chi connectivity index (χ1) is 15.0. The molecular weight excluding hydrogens is 438 g/mol. The summed E-state index contributed by atoms with van der Waals surface area (Å²) in [6.45, 7) is 0.987. The number of benzene rings is 3. The lowest BCUT2D eigenvalue weighted by Crippen LogP contribution is -2.40. The number of halogens is 1. The van der Waals surface area contributed by atoms with Gasteiger partial charge in [0, 0.05) is 6.42 Å². The summed E-state index contributed by atoms with van der Waals surface area (Å²) in [7, 11) is -3.81. The Labute approximate surface area is 184 Å². The fraction of sp³-hybridized carbons (Fsp3) is 0.136. The van der Waals surface area contributed by atoms with E-state index in [0.29, 0.717) is 35.4 Å². The summed E-state index contributed by atoms with van der Waals surface area (Å²) in [5, 5.41) is 3.47. The maximum atomic E-state index is 12.8. The second-order valence-electron chi connectivity index (χ2n) is 7.10. The molecule has 31 heavy (non-hydrogen) atoms. The number of ether oxygens (including phenoxy) is 2. The second-order valence-corrected chi connectivity index (χ2v) is 9.16.